The molecule has 0 spiro atoms. The van der Waals surface area contributed by atoms with Crippen molar-refractivity contribution in [3.8, 4) is 0 Å². The van der Waals surface area contributed by atoms with Crippen LogP contribution in [0.1, 0.15) is 52.0 Å². The van der Waals surface area contributed by atoms with Crippen molar-refractivity contribution in [2.45, 2.75) is 46.5 Å². The zero-order valence-electron chi connectivity index (χ0n) is 13.4. The summed E-state index contributed by atoms with van der Waals surface area (Å²) in [7, 11) is 0. The van der Waals surface area contributed by atoms with Gasteiger partial charge in [-0.05, 0) is 38.2 Å². The Hall–Kier alpha value is -1.39. The van der Waals surface area contributed by atoms with E-state index in [0.29, 0.717) is 13.0 Å². The molecule has 0 heterocycles. The predicted octanol–water partition coefficient (Wildman–Crippen LogP) is 4.07. The van der Waals surface area contributed by atoms with Gasteiger partial charge in [0.05, 0.1) is 12.0 Å². The highest BCUT2D eigenvalue weighted by molar-refractivity contribution is 5.75. The lowest BCUT2D eigenvalue weighted by atomic mass is 9.81. The standard InChI is InChI=1S/C17H26O4/c1-5-11-20-21-13-19-16(18)17(3,4)12-14(2)15-9-7-6-8-10-15/h6-10,14H,5,11-13H2,1-4H3. The van der Waals surface area contributed by atoms with Crippen LogP contribution in [0.15, 0.2) is 30.3 Å². The summed E-state index contributed by atoms with van der Waals surface area (Å²) < 4.78 is 5.10. The summed E-state index contributed by atoms with van der Waals surface area (Å²) in [5, 5.41) is 0. The monoisotopic (exact) mass is 294 g/mol. The molecule has 0 N–H and O–H groups in total. The molecule has 4 nitrogen and oxygen atoms in total. The predicted molar refractivity (Wildman–Crippen MR) is 81.5 cm³/mol. The van der Waals surface area contributed by atoms with Gasteiger partial charge in [0, 0.05) is 0 Å². The van der Waals surface area contributed by atoms with Gasteiger partial charge < -0.3 is 4.74 Å². The summed E-state index contributed by atoms with van der Waals surface area (Å²) in [5.74, 6) is 0.0105. The number of carbonyl (C=O) groups excluding carboxylic acids is 1. The SMILES string of the molecule is CCCOOCOC(=O)C(C)(C)CC(C)c1ccccc1. The van der Waals surface area contributed by atoms with E-state index in [1.54, 1.807) is 0 Å². The molecule has 0 amide bonds. The molecule has 1 aromatic rings. The first-order chi connectivity index (χ1) is 9.97. The van der Waals surface area contributed by atoms with E-state index in [1.807, 2.05) is 39.0 Å². The van der Waals surface area contributed by atoms with Crippen LogP contribution in [0.25, 0.3) is 0 Å². The van der Waals surface area contributed by atoms with Crippen molar-refractivity contribution in [3.05, 3.63) is 35.9 Å². The van der Waals surface area contributed by atoms with E-state index in [4.69, 9.17) is 14.5 Å². The molecule has 0 aliphatic heterocycles. The first kappa shape index (κ1) is 17.7. The molecule has 1 aromatic carbocycles. The van der Waals surface area contributed by atoms with Gasteiger partial charge >= 0.3 is 5.97 Å². The van der Waals surface area contributed by atoms with Crippen LogP contribution in [0.5, 0.6) is 0 Å². The van der Waals surface area contributed by atoms with Gasteiger partial charge in [-0.1, -0.05) is 44.2 Å². The molecule has 21 heavy (non-hydrogen) atoms. The normalized spacial score (nSPS) is 13.0. The molecule has 1 rings (SSSR count). The van der Waals surface area contributed by atoms with Crippen LogP contribution in [0, 0.1) is 5.41 Å². The minimum absolute atomic E-state index is 0.165. The maximum Gasteiger partial charge on any atom is 0.313 e. The number of carbonyl (C=O) groups is 1. The Morgan fingerprint density at radius 1 is 1.19 bits per heavy atom. The molecule has 1 atom stereocenters. The first-order valence-electron chi connectivity index (χ1n) is 7.44. The van der Waals surface area contributed by atoms with Crippen molar-refractivity contribution >= 4 is 5.97 Å². The highest BCUT2D eigenvalue weighted by Gasteiger charge is 2.31. The molecule has 0 radical (unpaired) electrons. The van der Waals surface area contributed by atoms with E-state index in [-0.39, 0.29) is 18.7 Å². The largest absolute Gasteiger partial charge is 0.435 e. The highest BCUT2D eigenvalue weighted by Crippen LogP contribution is 2.32. The fourth-order valence-electron chi connectivity index (χ4n) is 2.20. The molecule has 0 aliphatic carbocycles. The van der Waals surface area contributed by atoms with Crippen molar-refractivity contribution in [1.29, 1.82) is 0 Å². The van der Waals surface area contributed by atoms with Crippen LogP contribution in [-0.2, 0) is 19.3 Å². The van der Waals surface area contributed by atoms with Crippen LogP contribution in [-0.4, -0.2) is 19.4 Å². The van der Waals surface area contributed by atoms with Crippen molar-refractivity contribution < 1.29 is 19.3 Å². The maximum absolute atomic E-state index is 12.1. The van der Waals surface area contributed by atoms with Gasteiger partial charge in [-0.2, -0.15) is 4.89 Å². The van der Waals surface area contributed by atoms with E-state index in [9.17, 15) is 4.79 Å². The van der Waals surface area contributed by atoms with Crippen molar-refractivity contribution in [1.82, 2.24) is 0 Å². The van der Waals surface area contributed by atoms with Gasteiger partial charge in [0.25, 0.3) is 0 Å². The molecule has 0 aliphatic rings. The minimum atomic E-state index is -0.566. The van der Waals surface area contributed by atoms with Crippen molar-refractivity contribution in [3.63, 3.8) is 0 Å². The number of ether oxygens (including phenoxy) is 1. The van der Waals surface area contributed by atoms with Crippen molar-refractivity contribution in [2.24, 2.45) is 5.41 Å². The summed E-state index contributed by atoms with van der Waals surface area (Å²) in [5.41, 5.74) is 0.657. The Morgan fingerprint density at radius 2 is 1.86 bits per heavy atom. The minimum Gasteiger partial charge on any atom is -0.435 e. The first-order valence-corrected chi connectivity index (χ1v) is 7.44. The summed E-state index contributed by atoms with van der Waals surface area (Å²) in [6.07, 6.45) is 1.57. The quantitative estimate of drug-likeness (QED) is 0.226. The third kappa shape index (κ3) is 6.27. The van der Waals surface area contributed by atoms with Gasteiger partial charge in [0.15, 0.2) is 0 Å². The summed E-state index contributed by atoms with van der Waals surface area (Å²) >= 11 is 0. The number of rotatable bonds is 9. The molecule has 1 unspecified atom stereocenters. The van der Waals surface area contributed by atoms with Gasteiger partial charge in [0.2, 0.25) is 6.79 Å². The molecule has 0 saturated heterocycles. The summed E-state index contributed by atoms with van der Waals surface area (Å²) in [6, 6.07) is 10.2. The Kier molecular flexibility index (Phi) is 7.40. The average molecular weight is 294 g/mol. The van der Waals surface area contributed by atoms with Crippen LogP contribution in [0.2, 0.25) is 0 Å². The lowest BCUT2D eigenvalue weighted by molar-refractivity contribution is -0.331. The third-order valence-corrected chi connectivity index (χ3v) is 3.35. The number of benzene rings is 1. The summed E-state index contributed by atoms with van der Waals surface area (Å²) in [6.45, 7) is 8.20. The second kappa shape index (κ2) is 8.80. The number of hydrogen-bond donors (Lipinski definition) is 0. The van der Waals surface area contributed by atoms with Gasteiger partial charge in [-0.15, -0.1) is 0 Å². The fraction of sp³-hybridized carbons (Fsp3) is 0.588. The summed E-state index contributed by atoms with van der Waals surface area (Å²) in [4.78, 5) is 21.7. The highest BCUT2D eigenvalue weighted by atomic mass is 17.2. The topological polar surface area (TPSA) is 44.8 Å². The van der Waals surface area contributed by atoms with Crippen LogP contribution < -0.4 is 0 Å². The second-order valence-corrected chi connectivity index (χ2v) is 5.89. The van der Waals surface area contributed by atoms with E-state index < -0.39 is 5.41 Å². The van der Waals surface area contributed by atoms with Crippen LogP contribution in [0.4, 0.5) is 0 Å². The van der Waals surface area contributed by atoms with E-state index in [2.05, 4.69) is 19.1 Å². The van der Waals surface area contributed by atoms with Crippen molar-refractivity contribution in [2.75, 3.05) is 13.4 Å². The lowest BCUT2D eigenvalue weighted by Crippen LogP contribution is -2.29. The molecule has 0 fully saturated rings. The van der Waals surface area contributed by atoms with Crippen LogP contribution in [0.3, 0.4) is 0 Å². The van der Waals surface area contributed by atoms with Gasteiger partial charge in [0.1, 0.15) is 0 Å². The molecule has 0 bridgehead atoms. The number of esters is 1. The Morgan fingerprint density at radius 3 is 2.48 bits per heavy atom. The Bertz CT molecular complexity index is 414. The molecule has 118 valence electrons. The molecular weight excluding hydrogens is 268 g/mol. The zero-order valence-corrected chi connectivity index (χ0v) is 13.4. The van der Waals surface area contributed by atoms with Crippen LogP contribution >= 0.6 is 0 Å². The molecule has 4 heteroatoms. The average Bonchev–Trinajstić information content (AvgIpc) is 2.47. The molecular formula is C17H26O4. The lowest BCUT2D eigenvalue weighted by Gasteiger charge is -2.26. The second-order valence-electron chi connectivity index (χ2n) is 5.89. The Labute approximate surface area is 127 Å². The maximum atomic E-state index is 12.1. The third-order valence-electron chi connectivity index (χ3n) is 3.35. The van der Waals surface area contributed by atoms with E-state index in [0.717, 1.165) is 6.42 Å². The number of hydrogen-bond acceptors (Lipinski definition) is 4. The fourth-order valence-corrected chi connectivity index (χ4v) is 2.20. The van der Waals surface area contributed by atoms with Gasteiger partial charge in [-0.3, -0.25) is 4.79 Å². The zero-order chi connectivity index (χ0) is 15.7. The molecule has 0 saturated carbocycles. The Balaban J connectivity index is 2.42. The van der Waals surface area contributed by atoms with Gasteiger partial charge in [-0.25, -0.2) is 4.89 Å². The van der Waals surface area contributed by atoms with E-state index >= 15 is 0 Å². The van der Waals surface area contributed by atoms with E-state index in [1.165, 1.54) is 5.56 Å². The smallest absolute Gasteiger partial charge is 0.313 e. The molecule has 0 aromatic heterocycles.